The fourth-order valence-electron chi connectivity index (χ4n) is 5.01. The maximum absolute atomic E-state index is 12.9. The number of hydrogen-bond acceptors (Lipinski definition) is 3. The lowest BCUT2D eigenvalue weighted by atomic mass is 9.67. The molecule has 27 heavy (non-hydrogen) atoms. The van der Waals surface area contributed by atoms with Gasteiger partial charge in [-0.15, -0.1) is 24.8 Å². The molecule has 0 unspecified atom stereocenters. The summed E-state index contributed by atoms with van der Waals surface area (Å²) in [7, 11) is 0. The molecule has 0 aromatic heterocycles. The van der Waals surface area contributed by atoms with Crippen LogP contribution in [-0.4, -0.2) is 37.0 Å². The molecule has 1 aromatic carbocycles. The van der Waals surface area contributed by atoms with Crippen molar-refractivity contribution in [2.75, 3.05) is 26.2 Å². The first-order valence-electron chi connectivity index (χ1n) is 10.1. The van der Waals surface area contributed by atoms with E-state index in [-0.39, 0.29) is 36.1 Å². The summed E-state index contributed by atoms with van der Waals surface area (Å²) in [6, 6.07) is 8.79. The summed E-state index contributed by atoms with van der Waals surface area (Å²) in [6.07, 6.45) is 7.39. The van der Waals surface area contributed by atoms with Gasteiger partial charge in [-0.25, -0.2) is 0 Å². The number of benzene rings is 1. The van der Waals surface area contributed by atoms with Crippen LogP contribution < -0.4 is 10.6 Å². The van der Waals surface area contributed by atoms with Crippen molar-refractivity contribution in [1.29, 1.82) is 0 Å². The van der Waals surface area contributed by atoms with Crippen LogP contribution in [0.5, 0.6) is 0 Å². The summed E-state index contributed by atoms with van der Waals surface area (Å²) < 4.78 is 0. The van der Waals surface area contributed by atoms with Crippen LogP contribution in [0.2, 0.25) is 0 Å². The van der Waals surface area contributed by atoms with Gasteiger partial charge in [-0.3, -0.25) is 9.69 Å². The molecule has 4 rings (SSSR count). The topological polar surface area (TPSA) is 44.4 Å². The molecule has 152 valence electrons. The SMILES string of the molecule is Cl.Cl.O=C(NCc1ccc(CN2CCCC2)cc1)[C@@]12CCCC[C@H]1CNC2. The monoisotopic (exact) mass is 413 g/mol. The van der Waals surface area contributed by atoms with Crippen molar-refractivity contribution in [3.05, 3.63) is 35.4 Å². The van der Waals surface area contributed by atoms with Crippen molar-refractivity contribution in [2.24, 2.45) is 11.3 Å². The van der Waals surface area contributed by atoms with E-state index in [0.717, 1.165) is 26.1 Å². The molecule has 1 saturated carbocycles. The first-order valence-corrected chi connectivity index (χ1v) is 10.1. The van der Waals surface area contributed by atoms with Gasteiger partial charge in [0.25, 0.3) is 0 Å². The second-order valence-corrected chi connectivity index (χ2v) is 8.21. The molecule has 2 atom stereocenters. The van der Waals surface area contributed by atoms with Gasteiger partial charge in [0.2, 0.25) is 5.91 Å². The molecule has 0 radical (unpaired) electrons. The van der Waals surface area contributed by atoms with Crippen LogP contribution in [0, 0.1) is 11.3 Å². The van der Waals surface area contributed by atoms with E-state index >= 15 is 0 Å². The lowest BCUT2D eigenvalue weighted by Gasteiger charge is -2.37. The van der Waals surface area contributed by atoms with E-state index in [4.69, 9.17) is 0 Å². The summed E-state index contributed by atoms with van der Waals surface area (Å²) in [5, 5.41) is 6.69. The summed E-state index contributed by atoms with van der Waals surface area (Å²) in [6.45, 7) is 6.04. The number of rotatable bonds is 5. The maximum atomic E-state index is 12.9. The van der Waals surface area contributed by atoms with Gasteiger partial charge in [0.05, 0.1) is 5.41 Å². The predicted molar refractivity (Wildman–Crippen MR) is 115 cm³/mol. The molecule has 2 aliphatic heterocycles. The van der Waals surface area contributed by atoms with Crippen molar-refractivity contribution in [3.63, 3.8) is 0 Å². The van der Waals surface area contributed by atoms with Crippen LogP contribution in [-0.2, 0) is 17.9 Å². The minimum atomic E-state index is -0.145. The third-order valence-corrected chi connectivity index (χ3v) is 6.57. The highest BCUT2D eigenvalue weighted by atomic mass is 35.5. The van der Waals surface area contributed by atoms with E-state index in [2.05, 4.69) is 39.8 Å². The molecule has 3 aliphatic rings. The molecule has 0 bridgehead atoms. The number of amides is 1. The smallest absolute Gasteiger partial charge is 0.228 e. The molecule has 2 heterocycles. The van der Waals surface area contributed by atoms with Gasteiger partial charge in [0.15, 0.2) is 0 Å². The average molecular weight is 414 g/mol. The number of fused-ring (bicyclic) bond motifs is 1. The number of likely N-dealkylation sites (tertiary alicyclic amines) is 1. The van der Waals surface area contributed by atoms with Gasteiger partial charge in [0, 0.05) is 19.6 Å². The Morgan fingerprint density at radius 3 is 2.52 bits per heavy atom. The molecule has 2 N–H and O–H groups in total. The highest BCUT2D eigenvalue weighted by Gasteiger charge is 2.49. The van der Waals surface area contributed by atoms with E-state index in [1.165, 1.54) is 56.3 Å². The second-order valence-electron chi connectivity index (χ2n) is 8.21. The van der Waals surface area contributed by atoms with E-state index in [1.807, 2.05) is 0 Å². The van der Waals surface area contributed by atoms with Crippen molar-refractivity contribution >= 4 is 30.7 Å². The summed E-state index contributed by atoms with van der Waals surface area (Å²) >= 11 is 0. The van der Waals surface area contributed by atoms with Gasteiger partial charge in [-0.05, 0) is 62.4 Å². The Morgan fingerprint density at radius 2 is 1.78 bits per heavy atom. The second kappa shape index (κ2) is 10.1. The van der Waals surface area contributed by atoms with Gasteiger partial charge in [-0.1, -0.05) is 37.1 Å². The largest absolute Gasteiger partial charge is 0.351 e. The van der Waals surface area contributed by atoms with Crippen LogP contribution in [0.15, 0.2) is 24.3 Å². The summed E-state index contributed by atoms with van der Waals surface area (Å²) in [5.74, 6) is 0.799. The minimum Gasteiger partial charge on any atom is -0.351 e. The van der Waals surface area contributed by atoms with Gasteiger partial charge < -0.3 is 10.6 Å². The Morgan fingerprint density at radius 1 is 1.07 bits per heavy atom. The van der Waals surface area contributed by atoms with Crippen molar-refractivity contribution in [1.82, 2.24) is 15.5 Å². The van der Waals surface area contributed by atoms with E-state index in [0.29, 0.717) is 12.5 Å². The Hall–Kier alpha value is -0.810. The molecule has 6 heteroatoms. The van der Waals surface area contributed by atoms with Gasteiger partial charge in [0.1, 0.15) is 0 Å². The van der Waals surface area contributed by atoms with Gasteiger partial charge in [-0.2, -0.15) is 0 Å². The third-order valence-electron chi connectivity index (χ3n) is 6.57. The molecular weight excluding hydrogens is 381 g/mol. The highest BCUT2D eigenvalue weighted by molar-refractivity contribution is 5.85. The molecular formula is C21H33Cl2N3O. The van der Waals surface area contributed by atoms with Crippen molar-refractivity contribution in [2.45, 2.75) is 51.6 Å². The number of carbonyl (C=O) groups excluding carboxylic acids is 1. The molecule has 4 nitrogen and oxygen atoms in total. The molecule has 1 amide bonds. The zero-order valence-corrected chi connectivity index (χ0v) is 17.7. The molecule has 2 saturated heterocycles. The van der Waals surface area contributed by atoms with E-state index in [1.54, 1.807) is 0 Å². The first-order chi connectivity index (χ1) is 12.3. The number of halogens is 2. The minimum absolute atomic E-state index is 0. The first kappa shape index (κ1) is 22.5. The Kier molecular flexibility index (Phi) is 8.41. The van der Waals surface area contributed by atoms with Crippen LogP contribution in [0.3, 0.4) is 0 Å². The zero-order chi connectivity index (χ0) is 17.1. The lowest BCUT2D eigenvalue weighted by Crippen LogP contribution is -2.47. The van der Waals surface area contributed by atoms with Crippen LogP contribution in [0.25, 0.3) is 0 Å². The summed E-state index contributed by atoms with van der Waals surface area (Å²) in [5.41, 5.74) is 2.43. The maximum Gasteiger partial charge on any atom is 0.228 e. The van der Waals surface area contributed by atoms with Crippen LogP contribution in [0.4, 0.5) is 0 Å². The van der Waals surface area contributed by atoms with Crippen LogP contribution in [0.1, 0.15) is 49.7 Å². The third kappa shape index (κ3) is 4.97. The number of carbonyl (C=O) groups is 1. The Labute approximate surface area is 175 Å². The Balaban J connectivity index is 0.00000131. The fourth-order valence-corrected chi connectivity index (χ4v) is 5.01. The van der Waals surface area contributed by atoms with Crippen molar-refractivity contribution < 1.29 is 4.79 Å². The Bertz CT molecular complexity index is 604. The molecule has 0 spiro atoms. The zero-order valence-electron chi connectivity index (χ0n) is 16.0. The van der Waals surface area contributed by atoms with Crippen molar-refractivity contribution in [3.8, 4) is 0 Å². The number of hydrogen-bond donors (Lipinski definition) is 2. The van der Waals surface area contributed by atoms with E-state index in [9.17, 15) is 4.79 Å². The predicted octanol–water partition coefficient (Wildman–Crippen LogP) is 3.52. The number of nitrogens with one attached hydrogen (secondary N) is 2. The standard InChI is InChI=1S/C21H31N3O.2ClH/c25-20(21-10-2-1-5-19(21)14-22-16-21)23-13-17-6-8-18(9-7-17)15-24-11-3-4-12-24;;/h6-9,19,22H,1-5,10-16H2,(H,23,25);2*1H/t19-,21+;;/m0../s1. The quantitative estimate of drug-likeness (QED) is 0.775. The van der Waals surface area contributed by atoms with Crippen LogP contribution >= 0.6 is 24.8 Å². The molecule has 1 aromatic rings. The highest BCUT2D eigenvalue weighted by Crippen LogP contribution is 2.43. The normalized spacial score (nSPS) is 27.3. The van der Waals surface area contributed by atoms with Gasteiger partial charge >= 0.3 is 0 Å². The fraction of sp³-hybridized carbons (Fsp3) is 0.667. The lowest BCUT2D eigenvalue weighted by molar-refractivity contribution is -0.134. The molecule has 3 fully saturated rings. The number of nitrogens with zero attached hydrogens (tertiary/aromatic N) is 1. The average Bonchev–Trinajstić information content (AvgIpc) is 3.30. The molecule has 1 aliphatic carbocycles. The summed E-state index contributed by atoms with van der Waals surface area (Å²) in [4.78, 5) is 15.4. The van der Waals surface area contributed by atoms with E-state index < -0.39 is 0 Å².